The van der Waals surface area contributed by atoms with Crippen LogP contribution >= 0.6 is 21.7 Å². The van der Waals surface area contributed by atoms with Crippen LogP contribution in [-0.4, -0.2) is 23.5 Å². The van der Waals surface area contributed by atoms with Crippen molar-refractivity contribution in [2.24, 2.45) is 0 Å². The third kappa shape index (κ3) is 3.80. The Morgan fingerprint density at radius 1 is 0.789 bits per heavy atom. The first-order valence-corrected chi connectivity index (χ1v) is 5.33. The van der Waals surface area contributed by atoms with E-state index in [0.29, 0.717) is 0 Å². The predicted molar refractivity (Wildman–Crippen MR) is 43.6 cm³/mol. The number of rotatable bonds is 3. The van der Waals surface area contributed by atoms with E-state index < -0.39 is 45.9 Å². The maximum Gasteiger partial charge on any atom is 0.460 e. The summed E-state index contributed by atoms with van der Waals surface area (Å²) in [5.74, 6) is -11.1. The summed E-state index contributed by atoms with van der Waals surface area (Å²) in [6, 6.07) is 0. The second kappa shape index (κ2) is 5.19. The molecule has 0 rings (SSSR count). The molecule has 0 fully saturated rings. The number of allylic oxidation sites excluding steroid dienone is 1. The molecule has 0 radical (unpaired) electrons. The van der Waals surface area contributed by atoms with Crippen LogP contribution in [-0.2, 0) is 0 Å². The molecule has 0 aliphatic rings. The lowest BCUT2D eigenvalue weighted by atomic mass is 10.1. The van der Waals surface area contributed by atoms with Gasteiger partial charge in [-0.1, -0.05) is 0 Å². The van der Waals surface area contributed by atoms with Crippen molar-refractivity contribution in [3.63, 3.8) is 0 Å². The van der Waals surface area contributed by atoms with Gasteiger partial charge in [0.1, 0.15) is 0 Å². The molecule has 0 atom stereocenters. The van der Waals surface area contributed by atoms with E-state index in [1.807, 2.05) is 0 Å². The summed E-state index contributed by atoms with van der Waals surface area (Å²) in [5, 5.41) is -5.53. The fraction of sp³-hybridized carbons (Fsp3) is 0.667. The molecule has 0 heterocycles. The molecule has 0 amide bonds. The lowest BCUT2D eigenvalue weighted by Gasteiger charge is -2.24. The highest BCUT2D eigenvalue weighted by Crippen LogP contribution is 2.53. The maximum atomic E-state index is 12.7. The first kappa shape index (κ1) is 18.6. The Balaban J connectivity index is 6.21. The number of hydrogen-bond acceptors (Lipinski definition) is 1. The van der Waals surface area contributed by atoms with Crippen molar-refractivity contribution in [1.29, 1.82) is 0 Å². The summed E-state index contributed by atoms with van der Waals surface area (Å²) in [7, 11) is 2.68. The lowest BCUT2D eigenvalue weighted by molar-refractivity contribution is -0.272. The summed E-state index contributed by atoms with van der Waals surface area (Å²) in [4.78, 5) is 0. The van der Waals surface area contributed by atoms with Gasteiger partial charge in [0.2, 0.25) is 0 Å². The third-order valence-corrected chi connectivity index (χ3v) is 2.50. The molecule has 0 saturated carbocycles. The van der Waals surface area contributed by atoms with Crippen molar-refractivity contribution in [2.75, 3.05) is 0 Å². The van der Waals surface area contributed by atoms with Crippen molar-refractivity contribution in [2.45, 2.75) is 23.5 Å². The van der Waals surface area contributed by atoms with E-state index in [1.165, 1.54) is 0 Å². The number of halogens is 12. The summed E-state index contributed by atoms with van der Waals surface area (Å²) in [5.41, 5.74) is -4.00. The van der Waals surface area contributed by atoms with E-state index in [0.717, 1.165) is 0 Å². The fourth-order valence-corrected chi connectivity index (χ4v) is 1.25. The van der Waals surface area contributed by atoms with Crippen LogP contribution < -0.4 is 0 Å². The van der Waals surface area contributed by atoms with Crippen molar-refractivity contribution in [3.05, 3.63) is 11.4 Å². The SMILES string of the molecule is FC(=C(C(F)(F)F)C(F)(F)SCl)C(F)(F)C(F)(F)F. The Morgan fingerprint density at radius 3 is 1.37 bits per heavy atom. The van der Waals surface area contributed by atoms with Gasteiger partial charge in [0.15, 0.2) is 11.4 Å². The van der Waals surface area contributed by atoms with Crippen LogP contribution in [0.5, 0.6) is 0 Å². The van der Waals surface area contributed by atoms with E-state index >= 15 is 0 Å². The zero-order valence-electron chi connectivity index (χ0n) is 7.94. The van der Waals surface area contributed by atoms with Gasteiger partial charge >= 0.3 is 23.5 Å². The molecule has 0 saturated heterocycles. The molecule has 13 heteroatoms. The van der Waals surface area contributed by atoms with Crippen LogP contribution in [0.25, 0.3) is 0 Å². The van der Waals surface area contributed by atoms with Crippen LogP contribution in [0.3, 0.4) is 0 Å². The molecule has 0 spiro atoms. The van der Waals surface area contributed by atoms with Crippen molar-refractivity contribution < 1.29 is 48.3 Å². The molecule has 0 nitrogen and oxygen atoms in total. The zero-order chi connectivity index (χ0) is 15.9. The average Bonchev–Trinajstić information content (AvgIpc) is 2.13. The summed E-state index contributed by atoms with van der Waals surface area (Å²) in [6.45, 7) is 0. The third-order valence-electron chi connectivity index (χ3n) is 1.52. The average molecular weight is 349 g/mol. The van der Waals surface area contributed by atoms with E-state index in [9.17, 15) is 48.3 Å². The molecular formula is C6ClF11S. The highest BCUT2D eigenvalue weighted by atomic mass is 35.7. The smallest absolute Gasteiger partial charge is 0.204 e. The highest BCUT2D eigenvalue weighted by Gasteiger charge is 2.67. The van der Waals surface area contributed by atoms with Crippen LogP contribution in [0.1, 0.15) is 0 Å². The normalized spacial score (nSPS) is 16.4. The van der Waals surface area contributed by atoms with Gasteiger partial charge in [-0.2, -0.15) is 43.9 Å². The van der Waals surface area contributed by atoms with Crippen LogP contribution in [0.15, 0.2) is 11.4 Å². The van der Waals surface area contributed by atoms with Gasteiger partial charge in [0, 0.05) is 11.0 Å². The van der Waals surface area contributed by atoms with Crippen molar-refractivity contribution in [3.8, 4) is 0 Å². The zero-order valence-corrected chi connectivity index (χ0v) is 9.52. The summed E-state index contributed by atoms with van der Waals surface area (Å²) < 4.78 is 134. The molecule has 114 valence electrons. The molecule has 0 aromatic heterocycles. The Morgan fingerprint density at radius 2 is 1.16 bits per heavy atom. The topological polar surface area (TPSA) is 0 Å². The molecule has 0 aliphatic carbocycles. The number of hydrogen-bond donors (Lipinski definition) is 0. The lowest BCUT2D eigenvalue weighted by Crippen LogP contribution is -2.41. The van der Waals surface area contributed by atoms with Crippen LogP contribution in [0.4, 0.5) is 48.3 Å². The first-order chi connectivity index (χ1) is 8.09. The quantitative estimate of drug-likeness (QED) is 0.611. The van der Waals surface area contributed by atoms with Gasteiger partial charge in [-0.25, -0.2) is 4.39 Å². The van der Waals surface area contributed by atoms with Gasteiger partial charge < -0.3 is 0 Å². The molecule has 0 bridgehead atoms. The molecule has 0 aliphatic heterocycles. The predicted octanol–water partition coefficient (Wildman–Crippen LogP) is 5.45. The summed E-state index contributed by atoms with van der Waals surface area (Å²) in [6.07, 6.45) is -13.3. The second-order valence-corrected chi connectivity index (χ2v) is 3.98. The van der Waals surface area contributed by atoms with Crippen LogP contribution in [0.2, 0.25) is 0 Å². The molecule has 19 heavy (non-hydrogen) atoms. The fourth-order valence-electron chi connectivity index (χ4n) is 0.737. The van der Waals surface area contributed by atoms with Gasteiger partial charge in [-0.05, 0) is 10.7 Å². The minimum Gasteiger partial charge on any atom is -0.204 e. The van der Waals surface area contributed by atoms with Gasteiger partial charge in [0.25, 0.3) is 0 Å². The monoisotopic (exact) mass is 348 g/mol. The molecule has 0 aromatic carbocycles. The van der Waals surface area contributed by atoms with Crippen LogP contribution in [0, 0.1) is 0 Å². The molecular weight excluding hydrogens is 349 g/mol. The van der Waals surface area contributed by atoms with E-state index in [-0.39, 0.29) is 0 Å². The van der Waals surface area contributed by atoms with Crippen molar-refractivity contribution >= 4 is 21.7 Å². The van der Waals surface area contributed by atoms with Gasteiger partial charge in [-0.3, -0.25) is 0 Å². The van der Waals surface area contributed by atoms with Crippen molar-refractivity contribution in [1.82, 2.24) is 0 Å². The largest absolute Gasteiger partial charge is 0.460 e. The Bertz CT molecular complexity index is 364. The minimum atomic E-state index is -6.82. The second-order valence-electron chi connectivity index (χ2n) is 2.85. The van der Waals surface area contributed by atoms with Gasteiger partial charge in [0.05, 0.1) is 0 Å². The first-order valence-electron chi connectivity index (χ1n) is 3.69. The van der Waals surface area contributed by atoms with Gasteiger partial charge in [-0.15, -0.1) is 0 Å². The molecule has 0 N–H and O–H groups in total. The van der Waals surface area contributed by atoms with E-state index in [4.69, 9.17) is 0 Å². The number of alkyl halides is 10. The molecule has 0 aromatic rings. The highest BCUT2D eigenvalue weighted by molar-refractivity contribution is 8.22. The Hall–Kier alpha value is -0.390. The standard InChI is InChI=1S/C6ClF11S/c7-19-5(14,15)1(4(11,12)13)2(8)3(9,10)6(16,17)18. The summed E-state index contributed by atoms with van der Waals surface area (Å²) >= 11 is 0. The van der Waals surface area contributed by atoms with E-state index in [1.54, 1.807) is 0 Å². The molecule has 0 unspecified atom stereocenters. The van der Waals surface area contributed by atoms with E-state index in [2.05, 4.69) is 10.7 Å². The maximum absolute atomic E-state index is 12.7. The Kier molecular flexibility index (Phi) is 5.08. The minimum absolute atomic E-state index is 1.56. The Labute approximate surface area is 106 Å².